The largest absolute Gasteiger partial charge is 0.490 e. The third-order valence-electron chi connectivity index (χ3n) is 2.52. The monoisotopic (exact) mass is 286 g/mol. The van der Waals surface area contributed by atoms with Crippen molar-refractivity contribution in [3.05, 3.63) is 28.3 Å². The van der Waals surface area contributed by atoms with Crippen LogP contribution in [0.25, 0.3) is 0 Å². The minimum atomic E-state index is -0.934. The zero-order valence-corrected chi connectivity index (χ0v) is 12.0. The zero-order valence-electron chi connectivity index (χ0n) is 11.2. The van der Waals surface area contributed by atoms with Crippen molar-refractivity contribution in [2.45, 2.75) is 12.5 Å². The predicted molar refractivity (Wildman–Crippen MR) is 77.1 cm³/mol. The van der Waals surface area contributed by atoms with Crippen molar-refractivity contribution in [2.24, 2.45) is 0 Å². The number of hydrogen-bond acceptors (Lipinski definition) is 6. The highest BCUT2D eigenvalue weighted by molar-refractivity contribution is 7.98. The summed E-state index contributed by atoms with van der Waals surface area (Å²) in [6.45, 7) is 1.91. The zero-order chi connectivity index (χ0) is 14.5. The fraction of sp³-hybridized carbons (Fsp3) is 0.500. The highest BCUT2D eigenvalue weighted by Gasteiger charge is 2.24. The first-order chi connectivity index (χ1) is 8.91. The third kappa shape index (κ3) is 4.29. The molecule has 2 N–H and O–H groups in total. The number of aliphatic hydroxyl groups is 1. The molecule has 0 spiro atoms. The van der Waals surface area contributed by atoms with Crippen molar-refractivity contribution in [1.29, 1.82) is 0 Å². The molecule has 1 aromatic rings. The van der Waals surface area contributed by atoms with Crippen molar-refractivity contribution in [1.82, 2.24) is 0 Å². The molecule has 1 aromatic carbocycles. The van der Waals surface area contributed by atoms with E-state index in [4.69, 9.17) is 4.74 Å². The Bertz CT molecular complexity index is 451. The Hall–Kier alpha value is -1.47. The molecule has 6 nitrogen and oxygen atoms in total. The highest BCUT2D eigenvalue weighted by Crippen LogP contribution is 2.34. The number of para-hydroxylation sites is 1. The van der Waals surface area contributed by atoms with Gasteiger partial charge in [0, 0.05) is 12.3 Å². The molecule has 0 aliphatic heterocycles. The van der Waals surface area contributed by atoms with Crippen LogP contribution in [0, 0.1) is 10.1 Å². The molecule has 0 saturated heterocycles. The SMILES string of the molecule is COc1cccc(NCC(C)(O)CSC)c1[N+](=O)[O-]. The number of nitro groups is 1. The number of ether oxygens (including phenoxy) is 1. The summed E-state index contributed by atoms with van der Waals surface area (Å²) >= 11 is 1.51. The molecule has 0 fully saturated rings. The van der Waals surface area contributed by atoms with Crippen molar-refractivity contribution in [3.8, 4) is 5.75 Å². The molecule has 1 unspecified atom stereocenters. The van der Waals surface area contributed by atoms with Crippen LogP contribution >= 0.6 is 11.8 Å². The van der Waals surface area contributed by atoms with Crippen LogP contribution < -0.4 is 10.1 Å². The molecule has 1 rings (SSSR count). The topological polar surface area (TPSA) is 84.6 Å². The van der Waals surface area contributed by atoms with Gasteiger partial charge in [0.1, 0.15) is 5.69 Å². The highest BCUT2D eigenvalue weighted by atomic mass is 32.2. The van der Waals surface area contributed by atoms with E-state index in [1.54, 1.807) is 19.1 Å². The molecule has 0 heterocycles. The Morgan fingerprint density at radius 3 is 2.79 bits per heavy atom. The van der Waals surface area contributed by atoms with Crippen molar-refractivity contribution in [3.63, 3.8) is 0 Å². The van der Waals surface area contributed by atoms with Gasteiger partial charge in [-0.25, -0.2) is 0 Å². The summed E-state index contributed by atoms with van der Waals surface area (Å²) in [6.07, 6.45) is 1.89. The van der Waals surface area contributed by atoms with Gasteiger partial charge >= 0.3 is 5.69 Å². The minimum absolute atomic E-state index is 0.120. The van der Waals surface area contributed by atoms with E-state index in [2.05, 4.69) is 5.32 Å². The average Bonchev–Trinajstić information content (AvgIpc) is 2.35. The summed E-state index contributed by atoms with van der Waals surface area (Å²) in [6, 6.07) is 4.79. The molecule has 0 aliphatic carbocycles. The summed E-state index contributed by atoms with van der Waals surface area (Å²) in [5, 5.41) is 24.0. The van der Waals surface area contributed by atoms with Crippen molar-refractivity contribution >= 4 is 23.1 Å². The van der Waals surface area contributed by atoms with Crippen LogP contribution in [-0.2, 0) is 0 Å². The first-order valence-corrected chi connectivity index (χ1v) is 7.07. The number of nitrogens with zero attached hydrogens (tertiary/aromatic N) is 1. The minimum Gasteiger partial charge on any atom is -0.490 e. The van der Waals surface area contributed by atoms with E-state index in [1.165, 1.54) is 24.9 Å². The second-order valence-corrected chi connectivity index (χ2v) is 5.26. The Morgan fingerprint density at radius 1 is 1.58 bits per heavy atom. The van der Waals surface area contributed by atoms with Gasteiger partial charge in [-0.15, -0.1) is 0 Å². The van der Waals surface area contributed by atoms with Gasteiger partial charge in [-0.3, -0.25) is 10.1 Å². The van der Waals surface area contributed by atoms with Crippen molar-refractivity contribution in [2.75, 3.05) is 31.0 Å². The molecular formula is C12H18N2O4S. The smallest absolute Gasteiger partial charge is 0.333 e. The number of rotatable bonds is 7. The lowest BCUT2D eigenvalue weighted by Crippen LogP contribution is -2.36. The number of nitrogens with one attached hydrogen (secondary N) is 1. The average molecular weight is 286 g/mol. The predicted octanol–water partition coefficient (Wildman–Crippen LogP) is 2.13. The van der Waals surface area contributed by atoms with E-state index >= 15 is 0 Å². The number of hydrogen-bond donors (Lipinski definition) is 2. The number of nitro benzene ring substituents is 1. The lowest BCUT2D eigenvalue weighted by molar-refractivity contribution is -0.384. The Morgan fingerprint density at radius 2 is 2.26 bits per heavy atom. The van der Waals surface area contributed by atoms with E-state index in [0.717, 1.165) is 0 Å². The number of anilines is 1. The van der Waals surface area contributed by atoms with E-state index in [9.17, 15) is 15.2 Å². The molecule has 19 heavy (non-hydrogen) atoms. The Kier molecular flexibility index (Phi) is 5.44. The van der Waals surface area contributed by atoms with Crippen LogP contribution in [0.1, 0.15) is 6.92 Å². The molecule has 0 saturated carbocycles. The van der Waals surface area contributed by atoms with Gasteiger partial charge in [0.15, 0.2) is 5.75 Å². The van der Waals surface area contributed by atoms with E-state index in [1.807, 2.05) is 6.26 Å². The van der Waals surface area contributed by atoms with Gasteiger partial charge < -0.3 is 15.2 Å². The number of benzene rings is 1. The molecule has 7 heteroatoms. The van der Waals surface area contributed by atoms with Gasteiger partial charge in [-0.1, -0.05) is 6.07 Å². The summed E-state index contributed by atoms with van der Waals surface area (Å²) in [5.74, 6) is 0.733. The van der Waals surface area contributed by atoms with Crippen LogP contribution in [-0.4, -0.2) is 41.3 Å². The molecular weight excluding hydrogens is 268 g/mol. The normalized spacial score (nSPS) is 13.7. The fourth-order valence-corrected chi connectivity index (χ4v) is 2.39. The molecule has 106 valence electrons. The van der Waals surface area contributed by atoms with Crippen LogP contribution in [0.5, 0.6) is 5.75 Å². The summed E-state index contributed by atoms with van der Waals surface area (Å²) in [5.41, 5.74) is -0.716. The number of thioether (sulfide) groups is 1. The summed E-state index contributed by atoms with van der Waals surface area (Å²) < 4.78 is 4.98. The molecule has 0 aromatic heterocycles. The molecule has 1 atom stereocenters. The standard InChI is InChI=1S/C12H18N2O4S/c1-12(15,8-19-3)7-13-9-5-4-6-10(18-2)11(9)14(16)17/h4-6,13,15H,7-8H2,1-3H3. The van der Waals surface area contributed by atoms with Crippen LogP contribution in [0.3, 0.4) is 0 Å². The van der Waals surface area contributed by atoms with Crippen LogP contribution in [0.15, 0.2) is 18.2 Å². The van der Waals surface area contributed by atoms with Crippen LogP contribution in [0.2, 0.25) is 0 Å². The lowest BCUT2D eigenvalue weighted by atomic mass is 10.1. The first-order valence-electron chi connectivity index (χ1n) is 5.68. The van der Waals surface area contributed by atoms with Gasteiger partial charge in [0.05, 0.1) is 17.6 Å². The van der Waals surface area contributed by atoms with Gasteiger partial charge in [-0.2, -0.15) is 11.8 Å². The fourth-order valence-electron chi connectivity index (χ4n) is 1.67. The van der Waals surface area contributed by atoms with E-state index in [-0.39, 0.29) is 18.0 Å². The van der Waals surface area contributed by atoms with E-state index in [0.29, 0.717) is 11.4 Å². The Balaban J connectivity index is 2.92. The number of methoxy groups -OCH3 is 1. The molecule has 0 bridgehead atoms. The van der Waals surface area contributed by atoms with Gasteiger partial charge in [0.2, 0.25) is 0 Å². The van der Waals surface area contributed by atoms with Crippen LogP contribution in [0.4, 0.5) is 11.4 Å². The molecule has 0 aliphatic rings. The maximum Gasteiger partial charge on any atom is 0.333 e. The van der Waals surface area contributed by atoms with Crippen molar-refractivity contribution < 1.29 is 14.8 Å². The Labute approximate surface area is 116 Å². The summed E-state index contributed by atoms with van der Waals surface area (Å²) in [4.78, 5) is 10.6. The molecule has 0 radical (unpaired) electrons. The molecule has 0 amide bonds. The first kappa shape index (κ1) is 15.6. The summed E-state index contributed by atoms with van der Waals surface area (Å²) in [7, 11) is 1.38. The van der Waals surface area contributed by atoms with Gasteiger partial charge in [-0.05, 0) is 25.3 Å². The second kappa shape index (κ2) is 6.63. The van der Waals surface area contributed by atoms with E-state index < -0.39 is 10.5 Å². The third-order valence-corrected chi connectivity index (χ3v) is 3.43. The van der Waals surface area contributed by atoms with Gasteiger partial charge in [0.25, 0.3) is 0 Å². The maximum atomic E-state index is 11.1. The maximum absolute atomic E-state index is 11.1. The lowest BCUT2D eigenvalue weighted by Gasteiger charge is -2.23. The second-order valence-electron chi connectivity index (χ2n) is 4.40. The quantitative estimate of drug-likeness (QED) is 0.590.